The molecule has 0 radical (unpaired) electrons. The van der Waals surface area contributed by atoms with Gasteiger partial charge in [0.05, 0.1) is 29.8 Å². The van der Waals surface area contributed by atoms with Crippen molar-refractivity contribution in [1.82, 2.24) is 39.3 Å². The SMILES string of the molecule is Cc1cc(C)n(-c2ccc(=O)n(CCN3CCN(Cc4nc5ccccc5[nH]4)CC3)n2)n1. The van der Waals surface area contributed by atoms with Crippen LogP contribution in [0.5, 0.6) is 0 Å². The fourth-order valence-corrected chi connectivity index (χ4v) is 4.27. The summed E-state index contributed by atoms with van der Waals surface area (Å²) >= 11 is 0. The number of para-hydroxylation sites is 2. The molecule has 4 aromatic rings. The van der Waals surface area contributed by atoms with Gasteiger partial charge in [-0.2, -0.15) is 5.10 Å². The highest BCUT2D eigenvalue weighted by Gasteiger charge is 2.18. The zero-order valence-corrected chi connectivity index (χ0v) is 18.5. The molecule has 1 aliphatic heterocycles. The minimum Gasteiger partial charge on any atom is -0.341 e. The first kappa shape index (κ1) is 20.6. The molecule has 1 N–H and O–H groups in total. The van der Waals surface area contributed by atoms with Crippen molar-refractivity contribution in [3.8, 4) is 5.82 Å². The summed E-state index contributed by atoms with van der Waals surface area (Å²) in [6.45, 7) is 10.0. The average molecular weight is 433 g/mol. The van der Waals surface area contributed by atoms with E-state index >= 15 is 0 Å². The van der Waals surface area contributed by atoms with Crippen LogP contribution in [0.2, 0.25) is 0 Å². The maximum Gasteiger partial charge on any atom is 0.266 e. The summed E-state index contributed by atoms with van der Waals surface area (Å²) in [5.74, 6) is 1.68. The molecule has 0 aliphatic carbocycles. The number of aromatic nitrogens is 6. The lowest BCUT2D eigenvalue weighted by molar-refractivity contribution is 0.121. The third kappa shape index (κ3) is 4.35. The standard InChI is InChI=1S/C23H28N8O/c1-17-15-18(2)31(26-17)22-7-8-23(32)30(27-22)14-13-28-9-11-29(12-10-28)16-21-24-19-5-3-4-6-20(19)25-21/h3-8,15H,9-14,16H2,1-2H3,(H,24,25). The van der Waals surface area contributed by atoms with Gasteiger partial charge in [-0.25, -0.2) is 14.3 Å². The van der Waals surface area contributed by atoms with E-state index in [1.165, 1.54) is 0 Å². The van der Waals surface area contributed by atoms with Crippen LogP contribution in [-0.2, 0) is 13.1 Å². The van der Waals surface area contributed by atoms with E-state index in [0.29, 0.717) is 12.4 Å². The smallest absolute Gasteiger partial charge is 0.266 e. The number of piperazine rings is 1. The number of imidazole rings is 1. The summed E-state index contributed by atoms with van der Waals surface area (Å²) in [6, 6.07) is 13.4. The summed E-state index contributed by atoms with van der Waals surface area (Å²) in [5.41, 5.74) is 3.95. The van der Waals surface area contributed by atoms with Gasteiger partial charge >= 0.3 is 0 Å². The molecule has 0 atom stereocenters. The van der Waals surface area contributed by atoms with Crippen molar-refractivity contribution >= 4 is 11.0 Å². The second kappa shape index (κ2) is 8.68. The summed E-state index contributed by atoms with van der Waals surface area (Å²) in [6.07, 6.45) is 0. The zero-order chi connectivity index (χ0) is 22.1. The van der Waals surface area contributed by atoms with Crippen molar-refractivity contribution in [2.75, 3.05) is 32.7 Å². The van der Waals surface area contributed by atoms with Crippen LogP contribution in [-0.4, -0.2) is 72.1 Å². The molecule has 4 heterocycles. The molecule has 1 saturated heterocycles. The minimum atomic E-state index is -0.0844. The zero-order valence-electron chi connectivity index (χ0n) is 18.5. The summed E-state index contributed by atoms with van der Waals surface area (Å²) in [7, 11) is 0. The lowest BCUT2D eigenvalue weighted by Gasteiger charge is -2.34. The van der Waals surface area contributed by atoms with Crippen molar-refractivity contribution in [3.05, 3.63) is 70.0 Å². The molecule has 9 nitrogen and oxygen atoms in total. The molecule has 1 fully saturated rings. The molecule has 1 aliphatic rings. The predicted octanol–water partition coefficient (Wildman–Crippen LogP) is 1.74. The van der Waals surface area contributed by atoms with Gasteiger partial charge in [-0.3, -0.25) is 14.6 Å². The Morgan fingerprint density at radius 2 is 1.72 bits per heavy atom. The van der Waals surface area contributed by atoms with E-state index in [1.807, 2.05) is 38.1 Å². The highest BCUT2D eigenvalue weighted by Crippen LogP contribution is 2.13. The predicted molar refractivity (Wildman–Crippen MR) is 123 cm³/mol. The lowest BCUT2D eigenvalue weighted by atomic mass is 10.3. The largest absolute Gasteiger partial charge is 0.341 e. The first-order chi connectivity index (χ1) is 15.5. The van der Waals surface area contributed by atoms with Crippen LogP contribution in [0.4, 0.5) is 0 Å². The average Bonchev–Trinajstić information content (AvgIpc) is 3.35. The first-order valence-electron chi connectivity index (χ1n) is 11.1. The monoisotopic (exact) mass is 432 g/mol. The Labute approximate surface area is 186 Å². The van der Waals surface area contributed by atoms with Crippen LogP contribution in [0.3, 0.4) is 0 Å². The number of hydrogen-bond acceptors (Lipinski definition) is 6. The van der Waals surface area contributed by atoms with E-state index in [0.717, 1.165) is 67.5 Å². The molecular formula is C23H28N8O. The van der Waals surface area contributed by atoms with Gasteiger partial charge < -0.3 is 4.98 Å². The molecule has 0 amide bonds. The van der Waals surface area contributed by atoms with E-state index in [1.54, 1.807) is 21.5 Å². The molecule has 1 aromatic carbocycles. The first-order valence-corrected chi connectivity index (χ1v) is 11.1. The topological polar surface area (TPSA) is 87.9 Å². The van der Waals surface area contributed by atoms with Crippen LogP contribution < -0.4 is 5.56 Å². The van der Waals surface area contributed by atoms with Crippen LogP contribution in [0, 0.1) is 13.8 Å². The van der Waals surface area contributed by atoms with Crippen LogP contribution >= 0.6 is 0 Å². The van der Waals surface area contributed by atoms with Crippen molar-refractivity contribution in [1.29, 1.82) is 0 Å². The normalized spacial score (nSPS) is 15.6. The van der Waals surface area contributed by atoms with Gasteiger partial charge in [-0.15, -0.1) is 5.10 Å². The molecule has 32 heavy (non-hydrogen) atoms. The van der Waals surface area contributed by atoms with Gasteiger partial charge in [0, 0.05) is 44.5 Å². The number of fused-ring (bicyclic) bond motifs is 1. The van der Waals surface area contributed by atoms with E-state index in [9.17, 15) is 4.79 Å². The molecule has 0 bridgehead atoms. The van der Waals surface area contributed by atoms with Crippen LogP contribution in [0.15, 0.2) is 47.3 Å². The molecule has 0 saturated carbocycles. The van der Waals surface area contributed by atoms with Crippen molar-refractivity contribution in [2.24, 2.45) is 0 Å². The van der Waals surface area contributed by atoms with Gasteiger partial charge in [0.15, 0.2) is 5.82 Å². The second-order valence-corrected chi connectivity index (χ2v) is 8.41. The minimum absolute atomic E-state index is 0.0844. The van der Waals surface area contributed by atoms with E-state index in [2.05, 4.69) is 36.0 Å². The Balaban J connectivity index is 1.17. The number of aryl methyl sites for hydroxylation is 2. The van der Waals surface area contributed by atoms with Crippen molar-refractivity contribution in [3.63, 3.8) is 0 Å². The van der Waals surface area contributed by atoms with Gasteiger partial charge in [0.25, 0.3) is 5.56 Å². The molecule has 166 valence electrons. The number of nitrogens with one attached hydrogen (secondary N) is 1. The molecule has 0 spiro atoms. The van der Waals surface area contributed by atoms with Gasteiger partial charge in [-0.05, 0) is 38.1 Å². The van der Waals surface area contributed by atoms with E-state index in [-0.39, 0.29) is 5.56 Å². The molecule has 5 rings (SSSR count). The Hall–Kier alpha value is -3.30. The van der Waals surface area contributed by atoms with Gasteiger partial charge in [0.2, 0.25) is 0 Å². The highest BCUT2D eigenvalue weighted by molar-refractivity contribution is 5.74. The Kier molecular flexibility index (Phi) is 5.59. The summed E-state index contributed by atoms with van der Waals surface area (Å²) in [4.78, 5) is 25.2. The molecule has 0 unspecified atom stereocenters. The fourth-order valence-electron chi connectivity index (χ4n) is 4.27. The van der Waals surface area contributed by atoms with Gasteiger partial charge in [-0.1, -0.05) is 12.1 Å². The molecular weight excluding hydrogens is 404 g/mol. The number of H-pyrrole nitrogens is 1. The lowest BCUT2D eigenvalue weighted by Crippen LogP contribution is -2.47. The number of aromatic amines is 1. The summed E-state index contributed by atoms with van der Waals surface area (Å²) in [5, 5.41) is 9.02. The Morgan fingerprint density at radius 3 is 2.47 bits per heavy atom. The van der Waals surface area contributed by atoms with E-state index in [4.69, 9.17) is 0 Å². The third-order valence-corrected chi connectivity index (χ3v) is 5.98. The number of hydrogen-bond donors (Lipinski definition) is 1. The second-order valence-electron chi connectivity index (χ2n) is 8.41. The highest BCUT2D eigenvalue weighted by atomic mass is 16.1. The third-order valence-electron chi connectivity index (χ3n) is 5.98. The summed E-state index contributed by atoms with van der Waals surface area (Å²) < 4.78 is 3.33. The van der Waals surface area contributed by atoms with Crippen molar-refractivity contribution < 1.29 is 0 Å². The Morgan fingerprint density at radius 1 is 0.938 bits per heavy atom. The van der Waals surface area contributed by atoms with E-state index < -0.39 is 0 Å². The fraction of sp³-hybridized carbons (Fsp3) is 0.391. The maximum atomic E-state index is 12.3. The van der Waals surface area contributed by atoms with Crippen LogP contribution in [0.25, 0.3) is 16.9 Å². The van der Waals surface area contributed by atoms with Gasteiger partial charge in [0.1, 0.15) is 5.82 Å². The van der Waals surface area contributed by atoms with Crippen LogP contribution in [0.1, 0.15) is 17.2 Å². The molecule has 3 aromatic heterocycles. The Bertz CT molecular complexity index is 1250. The quantitative estimate of drug-likeness (QED) is 0.499. The van der Waals surface area contributed by atoms with Crippen molar-refractivity contribution in [2.45, 2.75) is 26.9 Å². The number of benzene rings is 1. The maximum absolute atomic E-state index is 12.3. The number of nitrogens with zero attached hydrogens (tertiary/aromatic N) is 7. The molecule has 9 heteroatoms. The number of rotatable bonds is 6.